The van der Waals surface area contributed by atoms with Crippen molar-refractivity contribution in [2.45, 2.75) is 30.8 Å². The molecular weight excluding hydrogens is 292 g/mol. The monoisotopic (exact) mass is 310 g/mol. The van der Waals surface area contributed by atoms with Crippen LogP contribution in [0, 0.1) is 11.8 Å². The number of hydrogen-bond donors (Lipinski definition) is 2. The van der Waals surface area contributed by atoms with Crippen molar-refractivity contribution in [1.29, 1.82) is 0 Å². The van der Waals surface area contributed by atoms with Gasteiger partial charge < -0.3 is 10.1 Å². The lowest BCUT2D eigenvalue weighted by molar-refractivity contribution is -0.127. The summed E-state index contributed by atoms with van der Waals surface area (Å²) in [5.41, 5.74) is 0.696. The number of primary sulfonamides is 1. The minimum Gasteiger partial charge on any atom is -0.480 e. The highest BCUT2D eigenvalue weighted by Gasteiger charge is 2.35. The Balaban J connectivity index is 1.65. The molecule has 1 amide bonds. The van der Waals surface area contributed by atoms with Crippen molar-refractivity contribution >= 4 is 15.9 Å². The highest BCUT2D eigenvalue weighted by molar-refractivity contribution is 7.89. The van der Waals surface area contributed by atoms with Crippen molar-refractivity contribution in [1.82, 2.24) is 5.32 Å². The van der Waals surface area contributed by atoms with Gasteiger partial charge in [0, 0.05) is 13.0 Å². The van der Waals surface area contributed by atoms with Crippen LogP contribution >= 0.6 is 0 Å². The lowest BCUT2D eigenvalue weighted by atomic mass is 10.1. The highest BCUT2D eigenvalue weighted by atomic mass is 32.2. The Labute approximate surface area is 123 Å². The summed E-state index contributed by atoms with van der Waals surface area (Å²) in [6, 6.07) is 4.41. The third kappa shape index (κ3) is 3.03. The van der Waals surface area contributed by atoms with Crippen molar-refractivity contribution in [3.63, 3.8) is 0 Å². The first-order valence-electron chi connectivity index (χ1n) is 6.94. The van der Waals surface area contributed by atoms with E-state index in [1.54, 1.807) is 6.07 Å². The number of ether oxygens (including phenoxy) is 1. The standard InChI is InChI=1S/C14H18N2O4S/c1-8-4-10(8)7-16-14(17)13-6-9-5-11(21(15,18)19)2-3-12(9)20-13/h2-3,5,8,10,13H,4,6-7H2,1H3,(H,16,17)(H2,15,18,19). The fourth-order valence-corrected chi connectivity index (χ4v) is 3.14. The number of carbonyl (C=O) groups excluding carboxylic acids is 1. The molecular formula is C14H18N2O4S. The van der Waals surface area contributed by atoms with Crippen LogP contribution in [-0.2, 0) is 21.2 Å². The van der Waals surface area contributed by atoms with Gasteiger partial charge in [-0.1, -0.05) is 6.92 Å². The molecule has 6 nitrogen and oxygen atoms in total. The summed E-state index contributed by atoms with van der Waals surface area (Å²) in [5, 5.41) is 7.99. The Kier molecular flexibility index (Phi) is 3.41. The van der Waals surface area contributed by atoms with Crippen molar-refractivity contribution < 1.29 is 17.9 Å². The molecule has 1 fully saturated rings. The summed E-state index contributed by atoms with van der Waals surface area (Å²) in [4.78, 5) is 12.1. The number of sulfonamides is 1. The second-order valence-electron chi connectivity index (χ2n) is 5.84. The van der Waals surface area contributed by atoms with Crippen LogP contribution < -0.4 is 15.2 Å². The third-order valence-electron chi connectivity index (χ3n) is 4.14. The molecule has 0 saturated heterocycles. The Morgan fingerprint density at radius 3 is 2.81 bits per heavy atom. The van der Waals surface area contributed by atoms with Crippen LogP contribution in [0.5, 0.6) is 5.75 Å². The summed E-state index contributed by atoms with van der Waals surface area (Å²) in [5.74, 6) is 1.65. The maximum Gasteiger partial charge on any atom is 0.261 e. The van der Waals surface area contributed by atoms with E-state index in [4.69, 9.17) is 9.88 Å². The molecule has 3 rings (SSSR count). The molecule has 0 aromatic heterocycles. The van der Waals surface area contributed by atoms with Crippen LogP contribution in [0.1, 0.15) is 18.9 Å². The normalized spacial score (nSPS) is 26.9. The lowest BCUT2D eigenvalue weighted by Crippen LogP contribution is -2.38. The second-order valence-corrected chi connectivity index (χ2v) is 7.40. The van der Waals surface area contributed by atoms with Crippen LogP contribution in [0.15, 0.2) is 23.1 Å². The van der Waals surface area contributed by atoms with E-state index >= 15 is 0 Å². The number of amides is 1. The Morgan fingerprint density at radius 2 is 2.19 bits per heavy atom. The number of benzene rings is 1. The molecule has 2 aliphatic rings. The van der Waals surface area contributed by atoms with Gasteiger partial charge in [-0.05, 0) is 42.0 Å². The largest absolute Gasteiger partial charge is 0.480 e. The van der Waals surface area contributed by atoms with Crippen molar-refractivity contribution in [3.8, 4) is 5.75 Å². The maximum absolute atomic E-state index is 12.1. The fraction of sp³-hybridized carbons (Fsp3) is 0.500. The van der Waals surface area contributed by atoms with Gasteiger partial charge in [-0.25, -0.2) is 13.6 Å². The SMILES string of the molecule is CC1CC1CNC(=O)C1Cc2cc(S(N)(=O)=O)ccc2O1. The van der Waals surface area contributed by atoms with Crippen molar-refractivity contribution in [3.05, 3.63) is 23.8 Å². The number of nitrogens with one attached hydrogen (secondary N) is 1. The molecule has 114 valence electrons. The van der Waals surface area contributed by atoms with E-state index in [-0.39, 0.29) is 10.8 Å². The fourth-order valence-electron chi connectivity index (χ4n) is 2.58. The minimum atomic E-state index is -3.74. The van der Waals surface area contributed by atoms with Gasteiger partial charge in [-0.2, -0.15) is 0 Å². The molecule has 1 aliphatic heterocycles. The minimum absolute atomic E-state index is 0.0395. The van der Waals surface area contributed by atoms with Crippen LogP contribution in [0.3, 0.4) is 0 Å². The summed E-state index contributed by atoms with van der Waals surface area (Å²) in [7, 11) is -3.74. The van der Waals surface area contributed by atoms with E-state index in [0.717, 1.165) is 6.42 Å². The van der Waals surface area contributed by atoms with E-state index in [0.29, 0.717) is 36.1 Å². The van der Waals surface area contributed by atoms with E-state index < -0.39 is 16.1 Å². The lowest BCUT2D eigenvalue weighted by Gasteiger charge is -2.10. The third-order valence-corrected chi connectivity index (χ3v) is 5.05. The van der Waals surface area contributed by atoms with Gasteiger partial charge in [-0.3, -0.25) is 4.79 Å². The summed E-state index contributed by atoms with van der Waals surface area (Å²) < 4.78 is 28.2. The molecule has 1 aliphatic carbocycles. The van der Waals surface area contributed by atoms with Gasteiger partial charge in [0.2, 0.25) is 10.0 Å². The number of carbonyl (C=O) groups is 1. The van der Waals surface area contributed by atoms with Crippen LogP contribution in [0.2, 0.25) is 0 Å². The molecule has 1 aromatic rings. The molecule has 0 radical (unpaired) electrons. The van der Waals surface area contributed by atoms with Crippen LogP contribution in [0.4, 0.5) is 0 Å². The molecule has 7 heteroatoms. The molecule has 3 unspecified atom stereocenters. The van der Waals surface area contributed by atoms with Crippen molar-refractivity contribution in [2.75, 3.05) is 6.54 Å². The van der Waals surface area contributed by atoms with Gasteiger partial charge in [0.1, 0.15) is 5.75 Å². The first-order chi connectivity index (χ1) is 9.84. The van der Waals surface area contributed by atoms with E-state index in [1.807, 2.05) is 0 Å². The first-order valence-corrected chi connectivity index (χ1v) is 8.49. The molecule has 3 atom stereocenters. The zero-order valence-electron chi connectivity index (χ0n) is 11.7. The maximum atomic E-state index is 12.1. The zero-order valence-corrected chi connectivity index (χ0v) is 12.5. The van der Waals surface area contributed by atoms with Crippen LogP contribution in [-0.4, -0.2) is 27.0 Å². The molecule has 0 spiro atoms. The van der Waals surface area contributed by atoms with Gasteiger partial charge in [0.25, 0.3) is 5.91 Å². The Hall–Kier alpha value is -1.60. The molecule has 1 aromatic carbocycles. The van der Waals surface area contributed by atoms with Crippen LogP contribution in [0.25, 0.3) is 0 Å². The number of hydrogen-bond acceptors (Lipinski definition) is 4. The molecule has 0 bridgehead atoms. The number of fused-ring (bicyclic) bond motifs is 1. The quantitative estimate of drug-likeness (QED) is 0.841. The molecule has 1 heterocycles. The topological polar surface area (TPSA) is 98.5 Å². The van der Waals surface area contributed by atoms with Crippen molar-refractivity contribution in [2.24, 2.45) is 17.0 Å². The highest BCUT2D eigenvalue weighted by Crippen LogP contribution is 2.37. The second kappa shape index (κ2) is 4.99. The Morgan fingerprint density at radius 1 is 1.48 bits per heavy atom. The van der Waals surface area contributed by atoms with E-state index in [9.17, 15) is 13.2 Å². The number of nitrogens with two attached hydrogens (primary N) is 1. The predicted molar refractivity (Wildman–Crippen MR) is 76.2 cm³/mol. The smallest absolute Gasteiger partial charge is 0.261 e. The van der Waals surface area contributed by atoms with E-state index in [2.05, 4.69) is 12.2 Å². The van der Waals surface area contributed by atoms with E-state index in [1.165, 1.54) is 12.1 Å². The molecule has 21 heavy (non-hydrogen) atoms. The summed E-state index contributed by atoms with van der Waals surface area (Å²) in [6.07, 6.45) is 0.930. The van der Waals surface area contributed by atoms with Gasteiger partial charge in [0.15, 0.2) is 6.10 Å². The first kappa shape index (κ1) is 14.3. The average molecular weight is 310 g/mol. The summed E-state index contributed by atoms with van der Waals surface area (Å²) in [6.45, 7) is 2.84. The van der Waals surface area contributed by atoms with Gasteiger partial charge in [-0.15, -0.1) is 0 Å². The molecule has 3 N–H and O–H groups in total. The summed E-state index contributed by atoms with van der Waals surface area (Å²) >= 11 is 0. The predicted octanol–water partition coefficient (Wildman–Crippen LogP) is 0.410. The molecule has 1 saturated carbocycles. The number of rotatable bonds is 4. The zero-order chi connectivity index (χ0) is 15.2. The van der Waals surface area contributed by atoms with Gasteiger partial charge >= 0.3 is 0 Å². The van der Waals surface area contributed by atoms with Gasteiger partial charge in [0.05, 0.1) is 4.90 Å². The average Bonchev–Trinajstić information content (AvgIpc) is 2.96. The Bertz CT molecular complexity index is 686.